The molecule has 0 fully saturated rings. The molecule has 0 heterocycles. The number of benzene rings is 3. The summed E-state index contributed by atoms with van der Waals surface area (Å²) in [7, 11) is 0. The van der Waals surface area contributed by atoms with Crippen molar-refractivity contribution in [2.24, 2.45) is 0 Å². The first-order valence-electron chi connectivity index (χ1n) is 6.34. The first-order chi connectivity index (χ1) is 10.1. The van der Waals surface area contributed by atoms with E-state index in [9.17, 15) is 8.78 Å². The minimum Gasteiger partial charge on any atom is -0.206 e. The average molecular weight is 412 g/mol. The minimum absolute atomic E-state index is 0.139. The van der Waals surface area contributed by atoms with Gasteiger partial charge in [-0.1, -0.05) is 52.3 Å². The Hall–Kier alpha value is -1.26. The van der Waals surface area contributed by atoms with E-state index in [4.69, 9.17) is 0 Å². The molecule has 0 aliphatic carbocycles. The zero-order chi connectivity index (χ0) is 15.0. The van der Waals surface area contributed by atoms with Crippen LogP contribution in [0.3, 0.4) is 0 Å². The molecule has 0 aromatic heterocycles. The highest BCUT2D eigenvalue weighted by Gasteiger charge is 2.16. The lowest BCUT2D eigenvalue weighted by atomic mass is 9.98. The van der Waals surface area contributed by atoms with E-state index in [1.54, 1.807) is 24.3 Å². The highest BCUT2D eigenvalue weighted by molar-refractivity contribution is 9.10. The lowest BCUT2D eigenvalue weighted by molar-refractivity contribution is 0.620. The Bertz CT molecular complexity index is 815. The van der Waals surface area contributed by atoms with Gasteiger partial charge in [-0.2, -0.15) is 0 Å². The summed E-state index contributed by atoms with van der Waals surface area (Å²) in [6, 6.07) is 15.4. The summed E-state index contributed by atoms with van der Waals surface area (Å²) in [5.74, 6) is -0.545. The fourth-order valence-electron chi connectivity index (χ4n) is 2.36. The molecule has 0 nitrogen and oxygen atoms in total. The van der Waals surface area contributed by atoms with Gasteiger partial charge in [0.05, 0.1) is 9.30 Å². The monoisotopic (exact) mass is 410 g/mol. The van der Waals surface area contributed by atoms with E-state index in [1.165, 1.54) is 12.1 Å². The molecule has 0 aliphatic heterocycles. The first-order valence-corrected chi connectivity index (χ1v) is 8.05. The van der Waals surface area contributed by atoms with Gasteiger partial charge in [-0.05, 0) is 50.6 Å². The highest BCUT2D eigenvalue weighted by atomic mass is 79.9. The molecule has 3 aromatic rings. The summed E-state index contributed by atoms with van der Waals surface area (Å²) in [5, 5.41) is 1.43. The third kappa shape index (κ3) is 2.74. The maximum atomic E-state index is 13.9. The van der Waals surface area contributed by atoms with E-state index in [0.717, 1.165) is 16.5 Å². The number of hydrogen-bond donors (Lipinski definition) is 0. The molecule has 0 aliphatic rings. The fraction of sp³-hybridized carbons (Fsp3) is 0.0588. The number of halogens is 4. The molecular formula is C17H10Br2F2. The Labute approximate surface area is 138 Å². The van der Waals surface area contributed by atoms with Crippen molar-refractivity contribution >= 4 is 42.6 Å². The van der Waals surface area contributed by atoms with E-state index >= 15 is 0 Å². The van der Waals surface area contributed by atoms with Crippen LogP contribution in [-0.4, -0.2) is 0 Å². The van der Waals surface area contributed by atoms with Crippen LogP contribution in [0.1, 0.15) is 16.0 Å². The number of rotatable bonds is 2. The summed E-state index contributed by atoms with van der Waals surface area (Å²) in [5.41, 5.74) is 1.85. The van der Waals surface area contributed by atoms with Gasteiger partial charge in [0.1, 0.15) is 11.6 Å². The molecule has 3 rings (SSSR count). The van der Waals surface area contributed by atoms with E-state index < -0.39 is 0 Å². The smallest absolute Gasteiger partial charge is 0.137 e. The molecule has 106 valence electrons. The fourth-order valence-corrected chi connectivity index (χ4v) is 3.44. The van der Waals surface area contributed by atoms with Gasteiger partial charge in [-0.3, -0.25) is 0 Å². The van der Waals surface area contributed by atoms with Gasteiger partial charge in [0, 0.05) is 5.39 Å². The van der Waals surface area contributed by atoms with Crippen LogP contribution in [0.2, 0.25) is 0 Å². The Kier molecular flexibility index (Phi) is 4.09. The third-order valence-electron chi connectivity index (χ3n) is 3.41. The number of hydrogen-bond acceptors (Lipinski definition) is 0. The van der Waals surface area contributed by atoms with Gasteiger partial charge in [-0.25, -0.2) is 8.78 Å². The van der Waals surface area contributed by atoms with Crippen molar-refractivity contribution in [1.82, 2.24) is 0 Å². The van der Waals surface area contributed by atoms with Crippen molar-refractivity contribution in [3.63, 3.8) is 0 Å². The molecule has 0 N–H and O–H groups in total. The van der Waals surface area contributed by atoms with Crippen molar-refractivity contribution in [3.8, 4) is 0 Å². The van der Waals surface area contributed by atoms with Crippen LogP contribution in [0.5, 0.6) is 0 Å². The second kappa shape index (κ2) is 5.85. The predicted octanol–water partition coefficient (Wildman–Crippen LogP) is 6.36. The Morgan fingerprint density at radius 3 is 2.19 bits per heavy atom. The van der Waals surface area contributed by atoms with Crippen molar-refractivity contribution < 1.29 is 8.78 Å². The molecule has 0 spiro atoms. The van der Waals surface area contributed by atoms with E-state index in [1.807, 2.05) is 18.2 Å². The van der Waals surface area contributed by atoms with Crippen LogP contribution in [0, 0.1) is 11.6 Å². The van der Waals surface area contributed by atoms with Gasteiger partial charge in [0.25, 0.3) is 0 Å². The average Bonchev–Trinajstić information content (AvgIpc) is 2.50. The second-order valence-electron chi connectivity index (χ2n) is 4.72. The summed E-state index contributed by atoms with van der Waals surface area (Å²) in [4.78, 5) is -0.139. The Balaban J connectivity index is 2.15. The van der Waals surface area contributed by atoms with Crippen LogP contribution in [0.4, 0.5) is 8.78 Å². The molecule has 1 atom stereocenters. The van der Waals surface area contributed by atoms with E-state index in [2.05, 4.69) is 31.9 Å². The van der Waals surface area contributed by atoms with E-state index in [-0.39, 0.29) is 16.5 Å². The molecule has 21 heavy (non-hydrogen) atoms. The first kappa shape index (κ1) is 14.7. The molecule has 4 heteroatoms. The number of fused-ring (bicyclic) bond motifs is 1. The maximum Gasteiger partial charge on any atom is 0.137 e. The minimum atomic E-state index is -0.303. The van der Waals surface area contributed by atoms with Gasteiger partial charge in [-0.15, -0.1) is 0 Å². The number of alkyl halides is 1. The van der Waals surface area contributed by atoms with Gasteiger partial charge >= 0.3 is 0 Å². The van der Waals surface area contributed by atoms with Gasteiger partial charge in [0.15, 0.2) is 0 Å². The van der Waals surface area contributed by atoms with Crippen LogP contribution < -0.4 is 0 Å². The van der Waals surface area contributed by atoms with Crippen molar-refractivity contribution in [2.75, 3.05) is 0 Å². The molecule has 1 unspecified atom stereocenters. The quantitative estimate of drug-likeness (QED) is 0.430. The summed E-state index contributed by atoms with van der Waals surface area (Å²) in [6.45, 7) is 0. The molecular weight excluding hydrogens is 402 g/mol. The van der Waals surface area contributed by atoms with Gasteiger partial charge < -0.3 is 0 Å². The van der Waals surface area contributed by atoms with Gasteiger partial charge in [0.2, 0.25) is 0 Å². The van der Waals surface area contributed by atoms with Crippen LogP contribution >= 0.6 is 31.9 Å². The Morgan fingerprint density at radius 1 is 0.810 bits per heavy atom. The van der Waals surface area contributed by atoms with Crippen molar-refractivity contribution in [2.45, 2.75) is 4.83 Å². The molecule has 0 saturated heterocycles. The molecule has 0 radical (unpaired) electrons. The van der Waals surface area contributed by atoms with Crippen LogP contribution in [0.15, 0.2) is 59.1 Å². The second-order valence-corrected chi connectivity index (χ2v) is 6.49. The highest BCUT2D eigenvalue weighted by Crippen LogP contribution is 2.37. The van der Waals surface area contributed by atoms with Crippen LogP contribution in [-0.2, 0) is 0 Å². The standard InChI is InChI=1S/C17H10Br2F2/c18-14-9-10(5-7-16(14)21)17(19)13-6-8-15(20)12-4-2-1-3-11(12)13/h1-9,17H. The zero-order valence-electron chi connectivity index (χ0n) is 10.8. The topological polar surface area (TPSA) is 0 Å². The third-order valence-corrected chi connectivity index (χ3v) is 5.04. The normalized spacial score (nSPS) is 12.6. The van der Waals surface area contributed by atoms with Crippen LogP contribution in [0.25, 0.3) is 10.8 Å². The molecule has 0 bridgehead atoms. The molecule has 0 saturated carbocycles. The lowest BCUT2D eigenvalue weighted by Crippen LogP contribution is -1.96. The van der Waals surface area contributed by atoms with Crippen molar-refractivity contribution in [1.29, 1.82) is 0 Å². The van der Waals surface area contributed by atoms with E-state index in [0.29, 0.717) is 9.86 Å². The zero-order valence-corrected chi connectivity index (χ0v) is 14.0. The predicted molar refractivity (Wildman–Crippen MR) is 88.8 cm³/mol. The Morgan fingerprint density at radius 2 is 1.48 bits per heavy atom. The molecule has 0 amide bonds. The summed E-state index contributed by atoms with van der Waals surface area (Å²) < 4.78 is 27.6. The van der Waals surface area contributed by atoms with Crippen molar-refractivity contribution in [3.05, 3.63) is 81.8 Å². The summed E-state index contributed by atoms with van der Waals surface area (Å²) in [6.07, 6.45) is 0. The lowest BCUT2D eigenvalue weighted by Gasteiger charge is -2.14. The largest absolute Gasteiger partial charge is 0.206 e. The molecule has 3 aromatic carbocycles. The SMILES string of the molecule is Fc1ccc(C(Br)c2ccc(F)c3ccccc23)cc1Br. The maximum absolute atomic E-state index is 13.9. The summed E-state index contributed by atoms with van der Waals surface area (Å²) >= 11 is 6.83.